The highest BCUT2D eigenvalue weighted by Gasteiger charge is 2.26. The number of aromatic nitrogens is 4. The van der Waals surface area contributed by atoms with Crippen molar-refractivity contribution in [3.63, 3.8) is 0 Å². The molecule has 1 atom stereocenters. The first-order valence-electron chi connectivity index (χ1n) is 7.37. The molecule has 1 unspecified atom stereocenters. The molecule has 0 aliphatic carbocycles. The van der Waals surface area contributed by atoms with Gasteiger partial charge < -0.3 is 4.57 Å². The van der Waals surface area contributed by atoms with E-state index in [0.29, 0.717) is 33.3 Å². The van der Waals surface area contributed by atoms with Crippen LogP contribution in [0.2, 0.25) is 0 Å². The third-order valence-corrected chi connectivity index (χ3v) is 5.05. The van der Waals surface area contributed by atoms with E-state index in [4.69, 9.17) is 0 Å². The summed E-state index contributed by atoms with van der Waals surface area (Å²) in [6.07, 6.45) is 2.74. The minimum absolute atomic E-state index is 0.196. The normalized spacial score (nSPS) is 13.4. The molecular formula is C16H16F2N4OS. The molecule has 3 heterocycles. The van der Waals surface area contributed by atoms with Gasteiger partial charge in [-0.3, -0.25) is 9.19 Å². The molecule has 126 valence electrons. The van der Waals surface area contributed by atoms with Gasteiger partial charge in [0.1, 0.15) is 11.2 Å². The monoisotopic (exact) mass is 350 g/mol. The van der Waals surface area contributed by atoms with Gasteiger partial charge in [-0.05, 0) is 18.2 Å². The minimum atomic E-state index is -2.99. The van der Waals surface area contributed by atoms with Gasteiger partial charge in [-0.15, -0.1) is 0 Å². The zero-order chi connectivity index (χ0) is 17.5. The SMILES string of the molecule is CCS(=O)c1cccnc1-c1nc2cc(C(C)(F)F)cnc2n1C. The van der Waals surface area contributed by atoms with Crippen LogP contribution in [0.25, 0.3) is 22.7 Å². The fourth-order valence-electron chi connectivity index (χ4n) is 2.43. The maximum Gasteiger partial charge on any atom is 0.272 e. The van der Waals surface area contributed by atoms with Gasteiger partial charge in [0.05, 0.1) is 15.7 Å². The second kappa shape index (κ2) is 6.01. The van der Waals surface area contributed by atoms with Gasteiger partial charge in [0, 0.05) is 37.7 Å². The molecule has 0 fully saturated rings. The van der Waals surface area contributed by atoms with Crippen LogP contribution in [-0.2, 0) is 23.8 Å². The molecule has 0 aliphatic heterocycles. The lowest BCUT2D eigenvalue weighted by Crippen LogP contribution is -2.07. The smallest absolute Gasteiger partial charge is 0.272 e. The highest BCUT2D eigenvalue weighted by atomic mass is 32.2. The van der Waals surface area contributed by atoms with Crippen LogP contribution in [0.5, 0.6) is 0 Å². The summed E-state index contributed by atoms with van der Waals surface area (Å²) in [4.78, 5) is 13.4. The molecule has 0 aliphatic rings. The summed E-state index contributed by atoms with van der Waals surface area (Å²) in [6, 6.07) is 4.77. The Hall–Kier alpha value is -2.22. The first kappa shape index (κ1) is 16.6. The third-order valence-electron chi connectivity index (χ3n) is 3.71. The molecule has 8 heteroatoms. The van der Waals surface area contributed by atoms with Crippen molar-refractivity contribution in [3.05, 3.63) is 36.2 Å². The molecule has 0 bridgehead atoms. The Morgan fingerprint density at radius 2 is 2.08 bits per heavy atom. The number of nitrogens with zero attached hydrogens (tertiary/aromatic N) is 4. The highest BCUT2D eigenvalue weighted by molar-refractivity contribution is 7.85. The second-order valence-electron chi connectivity index (χ2n) is 5.43. The lowest BCUT2D eigenvalue weighted by atomic mass is 10.2. The van der Waals surface area contributed by atoms with Crippen LogP contribution in [0.15, 0.2) is 35.5 Å². The van der Waals surface area contributed by atoms with Gasteiger partial charge in [-0.2, -0.15) is 0 Å². The van der Waals surface area contributed by atoms with Gasteiger partial charge in [0.2, 0.25) is 0 Å². The molecule has 0 N–H and O–H groups in total. The van der Waals surface area contributed by atoms with E-state index in [1.54, 1.807) is 29.9 Å². The number of hydrogen-bond donors (Lipinski definition) is 0. The zero-order valence-corrected chi connectivity index (χ0v) is 14.3. The lowest BCUT2D eigenvalue weighted by molar-refractivity contribution is 0.0172. The summed E-state index contributed by atoms with van der Waals surface area (Å²) in [5.74, 6) is -2.09. The van der Waals surface area contributed by atoms with E-state index in [2.05, 4.69) is 15.0 Å². The summed E-state index contributed by atoms with van der Waals surface area (Å²) in [6.45, 7) is 2.64. The Bertz CT molecular complexity index is 933. The Morgan fingerprint density at radius 1 is 1.33 bits per heavy atom. The molecule has 0 spiro atoms. The Morgan fingerprint density at radius 3 is 2.75 bits per heavy atom. The maximum atomic E-state index is 13.5. The maximum absolute atomic E-state index is 13.5. The summed E-state index contributed by atoms with van der Waals surface area (Å²) in [5, 5.41) is 0. The van der Waals surface area contributed by atoms with Gasteiger partial charge in [-0.25, -0.2) is 18.7 Å². The predicted molar refractivity (Wildman–Crippen MR) is 88.3 cm³/mol. The molecule has 3 rings (SSSR count). The highest BCUT2D eigenvalue weighted by Crippen LogP contribution is 2.30. The Labute approximate surface area is 140 Å². The molecule has 0 saturated heterocycles. The number of pyridine rings is 2. The van der Waals surface area contributed by atoms with Crippen molar-refractivity contribution in [1.82, 2.24) is 19.5 Å². The Kier molecular flexibility index (Phi) is 4.16. The third kappa shape index (κ3) is 2.82. The van der Waals surface area contributed by atoms with Crippen molar-refractivity contribution < 1.29 is 13.0 Å². The van der Waals surface area contributed by atoms with Crippen molar-refractivity contribution >= 4 is 22.0 Å². The van der Waals surface area contributed by atoms with Crippen LogP contribution in [0, 0.1) is 0 Å². The number of fused-ring (bicyclic) bond motifs is 1. The molecule has 0 saturated carbocycles. The summed E-state index contributed by atoms with van der Waals surface area (Å²) in [5.41, 5.74) is 1.10. The number of rotatable bonds is 4. The van der Waals surface area contributed by atoms with Gasteiger partial charge in [0.15, 0.2) is 11.5 Å². The van der Waals surface area contributed by atoms with Crippen molar-refractivity contribution in [2.75, 3.05) is 5.75 Å². The number of alkyl halides is 2. The molecule has 0 amide bonds. The van der Waals surface area contributed by atoms with Crippen LogP contribution in [0.4, 0.5) is 8.78 Å². The fraction of sp³-hybridized carbons (Fsp3) is 0.312. The number of aryl methyl sites for hydroxylation is 1. The standard InChI is InChI=1S/C16H16F2N4OS/c1-4-24(23)12-6-5-7-19-13(12)15-21-11-8-10(16(2,17)18)9-20-14(11)22(15)3/h5-9H,4H2,1-3H3. The van der Waals surface area contributed by atoms with Gasteiger partial charge in [-0.1, -0.05) is 6.92 Å². The van der Waals surface area contributed by atoms with Crippen LogP contribution >= 0.6 is 0 Å². The first-order valence-corrected chi connectivity index (χ1v) is 8.69. The van der Waals surface area contributed by atoms with E-state index >= 15 is 0 Å². The number of hydrogen-bond acceptors (Lipinski definition) is 4. The molecule has 5 nitrogen and oxygen atoms in total. The number of imidazole rings is 1. The minimum Gasteiger partial charge on any atom is -0.310 e. The van der Waals surface area contributed by atoms with Crippen molar-refractivity contribution in [3.8, 4) is 11.5 Å². The van der Waals surface area contributed by atoms with Crippen LogP contribution in [0.1, 0.15) is 19.4 Å². The van der Waals surface area contributed by atoms with Crippen molar-refractivity contribution in [2.45, 2.75) is 24.7 Å². The summed E-state index contributed by atoms with van der Waals surface area (Å²) >= 11 is 0. The van der Waals surface area contributed by atoms with Gasteiger partial charge >= 0.3 is 0 Å². The molecular weight excluding hydrogens is 334 g/mol. The molecule has 3 aromatic rings. The largest absolute Gasteiger partial charge is 0.310 e. The van der Waals surface area contributed by atoms with E-state index in [9.17, 15) is 13.0 Å². The summed E-state index contributed by atoms with van der Waals surface area (Å²) in [7, 11) is 0.524. The topological polar surface area (TPSA) is 60.7 Å². The predicted octanol–water partition coefficient (Wildman–Crippen LogP) is 3.27. The zero-order valence-electron chi connectivity index (χ0n) is 13.5. The average Bonchev–Trinajstić information content (AvgIpc) is 2.89. The van der Waals surface area contributed by atoms with Crippen LogP contribution in [-0.4, -0.2) is 29.5 Å². The van der Waals surface area contributed by atoms with E-state index in [1.807, 2.05) is 6.92 Å². The molecule has 3 aromatic heterocycles. The lowest BCUT2D eigenvalue weighted by Gasteiger charge is -2.09. The fourth-order valence-corrected chi connectivity index (χ4v) is 3.33. The van der Waals surface area contributed by atoms with E-state index in [-0.39, 0.29) is 5.56 Å². The quantitative estimate of drug-likeness (QED) is 0.725. The summed E-state index contributed by atoms with van der Waals surface area (Å²) < 4.78 is 40.9. The first-order chi connectivity index (χ1) is 11.3. The van der Waals surface area contributed by atoms with Crippen molar-refractivity contribution in [2.24, 2.45) is 7.05 Å². The van der Waals surface area contributed by atoms with Crippen LogP contribution in [0.3, 0.4) is 0 Å². The van der Waals surface area contributed by atoms with E-state index < -0.39 is 16.7 Å². The van der Waals surface area contributed by atoms with Gasteiger partial charge in [0.25, 0.3) is 5.92 Å². The van der Waals surface area contributed by atoms with E-state index in [0.717, 1.165) is 13.1 Å². The molecule has 0 aromatic carbocycles. The van der Waals surface area contributed by atoms with Crippen molar-refractivity contribution in [1.29, 1.82) is 0 Å². The second-order valence-corrected chi connectivity index (χ2v) is 7.14. The Balaban J connectivity index is 2.22. The number of halogens is 2. The van der Waals surface area contributed by atoms with E-state index in [1.165, 1.54) is 6.07 Å². The molecule has 0 radical (unpaired) electrons. The average molecular weight is 350 g/mol. The van der Waals surface area contributed by atoms with Crippen LogP contribution < -0.4 is 0 Å². The molecule has 24 heavy (non-hydrogen) atoms.